The standard InChI is InChI=1S/C22H31F3N8O2/c1-15-14-33(16-5-10-31(2)11-6-16)30-18(15)28-20-27-13-17(22(23,24)25)19(29-20)26-7-3-8-32-9-4-12-35-21(32)34/h13-14,16H,3-12H2,1-2H3,(H2,26,27,28,29,30). The first-order chi connectivity index (χ1) is 16.7. The highest BCUT2D eigenvalue weighted by atomic mass is 19.4. The Balaban J connectivity index is 1.42. The molecular weight excluding hydrogens is 465 g/mol. The molecule has 10 nitrogen and oxygen atoms in total. The van der Waals surface area contributed by atoms with E-state index in [2.05, 4.69) is 37.6 Å². The molecular formula is C22H31F3N8O2. The number of hydrogen-bond acceptors (Lipinski definition) is 8. The summed E-state index contributed by atoms with van der Waals surface area (Å²) in [5.41, 5.74) is -0.0932. The molecule has 0 radical (unpaired) electrons. The first-order valence-corrected chi connectivity index (χ1v) is 11.8. The van der Waals surface area contributed by atoms with E-state index in [4.69, 9.17) is 4.74 Å². The maximum absolute atomic E-state index is 13.5. The van der Waals surface area contributed by atoms with Gasteiger partial charge < -0.3 is 25.2 Å². The lowest BCUT2D eigenvalue weighted by atomic mass is 10.1. The van der Waals surface area contributed by atoms with Crippen molar-refractivity contribution >= 4 is 23.7 Å². The summed E-state index contributed by atoms with van der Waals surface area (Å²) in [7, 11) is 2.09. The number of piperidine rings is 1. The van der Waals surface area contributed by atoms with Crippen LogP contribution in [-0.2, 0) is 10.9 Å². The zero-order chi connectivity index (χ0) is 25.0. The third-order valence-corrected chi connectivity index (χ3v) is 6.25. The summed E-state index contributed by atoms with van der Waals surface area (Å²) in [6.45, 7) is 5.43. The number of alkyl halides is 3. The average Bonchev–Trinajstić information content (AvgIpc) is 3.17. The molecule has 4 rings (SSSR count). The van der Waals surface area contributed by atoms with Crippen LogP contribution in [0, 0.1) is 6.92 Å². The number of ether oxygens (including phenoxy) is 1. The Bertz CT molecular complexity index is 1020. The summed E-state index contributed by atoms with van der Waals surface area (Å²) in [4.78, 5) is 23.5. The number of nitrogens with one attached hydrogen (secondary N) is 2. The van der Waals surface area contributed by atoms with Crippen molar-refractivity contribution in [2.24, 2.45) is 0 Å². The second kappa shape index (κ2) is 10.7. The van der Waals surface area contributed by atoms with Crippen molar-refractivity contribution in [3.63, 3.8) is 0 Å². The largest absolute Gasteiger partial charge is 0.449 e. The molecule has 0 unspecified atom stereocenters. The molecule has 35 heavy (non-hydrogen) atoms. The predicted octanol–water partition coefficient (Wildman–Crippen LogP) is 3.65. The van der Waals surface area contributed by atoms with E-state index < -0.39 is 17.8 Å². The fraction of sp³-hybridized carbons (Fsp3) is 0.636. The fourth-order valence-electron chi connectivity index (χ4n) is 4.22. The maximum Gasteiger partial charge on any atom is 0.421 e. The minimum atomic E-state index is -4.61. The summed E-state index contributed by atoms with van der Waals surface area (Å²) in [5.74, 6) is 0.221. The molecule has 2 N–H and O–H groups in total. The topological polar surface area (TPSA) is 100 Å². The van der Waals surface area contributed by atoms with Gasteiger partial charge >= 0.3 is 12.3 Å². The van der Waals surface area contributed by atoms with Crippen LogP contribution in [0.1, 0.15) is 42.9 Å². The Kier molecular flexibility index (Phi) is 7.63. The summed E-state index contributed by atoms with van der Waals surface area (Å²) in [5, 5.41) is 10.3. The normalized spacial score (nSPS) is 18.0. The SMILES string of the molecule is Cc1cn(C2CCN(C)CC2)nc1Nc1ncc(C(F)(F)F)c(NCCCN2CCCOC2=O)n1. The minimum absolute atomic E-state index is 0.0248. The minimum Gasteiger partial charge on any atom is -0.449 e. The first kappa shape index (κ1) is 25.0. The van der Waals surface area contributed by atoms with Gasteiger partial charge in [-0.1, -0.05) is 0 Å². The van der Waals surface area contributed by atoms with Crippen LogP contribution in [0.15, 0.2) is 12.4 Å². The van der Waals surface area contributed by atoms with Gasteiger partial charge in [-0.2, -0.15) is 23.3 Å². The van der Waals surface area contributed by atoms with Gasteiger partial charge in [0.1, 0.15) is 11.4 Å². The number of rotatable bonds is 8. The molecule has 2 aliphatic rings. The van der Waals surface area contributed by atoms with Gasteiger partial charge in [0.15, 0.2) is 5.82 Å². The maximum atomic E-state index is 13.5. The first-order valence-electron chi connectivity index (χ1n) is 11.8. The number of aromatic nitrogens is 4. The third kappa shape index (κ3) is 6.32. The van der Waals surface area contributed by atoms with Gasteiger partial charge in [0.05, 0.1) is 12.6 Å². The Hall–Kier alpha value is -3.09. The van der Waals surface area contributed by atoms with Crippen LogP contribution in [0.5, 0.6) is 0 Å². The van der Waals surface area contributed by atoms with E-state index >= 15 is 0 Å². The van der Waals surface area contributed by atoms with Gasteiger partial charge in [0.2, 0.25) is 5.95 Å². The van der Waals surface area contributed by atoms with E-state index in [-0.39, 0.29) is 24.4 Å². The van der Waals surface area contributed by atoms with Gasteiger partial charge in [-0.15, -0.1) is 0 Å². The molecule has 13 heteroatoms. The van der Waals surface area contributed by atoms with Crippen molar-refractivity contribution < 1.29 is 22.7 Å². The number of halogens is 3. The number of likely N-dealkylation sites (tertiary alicyclic amines) is 1. The highest BCUT2D eigenvalue weighted by molar-refractivity contribution is 5.68. The van der Waals surface area contributed by atoms with E-state index in [0.29, 0.717) is 31.9 Å². The zero-order valence-corrected chi connectivity index (χ0v) is 19.9. The molecule has 4 heterocycles. The van der Waals surface area contributed by atoms with Gasteiger partial charge in [-0.3, -0.25) is 4.68 Å². The molecule has 2 aliphatic heterocycles. The van der Waals surface area contributed by atoms with Crippen molar-refractivity contribution in [2.45, 2.75) is 44.8 Å². The summed E-state index contributed by atoms with van der Waals surface area (Å²) < 4.78 is 47.5. The molecule has 0 spiro atoms. The van der Waals surface area contributed by atoms with E-state index in [1.165, 1.54) is 0 Å². The smallest absolute Gasteiger partial charge is 0.421 e. The molecule has 2 fully saturated rings. The summed E-state index contributed by atoms with van der Waals surface area (Å²) in [6, 6.07) is 0.281. The molecule has 2 aromatic heterocycles. The van der Waals surface area contributed by atoms with Crippen LogP contribution in [0.3, 0.4) is 0 Å². The average molecular weight is 497 g/mol. The van der Waals surface area contributed by atoms with Crippen molar-refractivity contribution in [3.05, 3.63) is 23.5 Å². The van der Waals surface area contributed by atoms with E-state index in [9.17, 15) is 18.0 Å². The summed E-state index contributed by atoms with van der Waals surface area (Å²) >= 11 is 0. The molecule has 1 amide bonds. The van der Waals surface area contributed by atoms with Crippen LogP contribution < -0.4 is 10.6 Å². The lowest BCUT2D eigenvalue weighted by Crippen LogP contribution is -2.38. The monoisotopic (exact) mass is 496 g/mol. The highest BCUT2D eigenvalue weighted by Gasteiger charge is 2.35. The number of nitrogens with zero attached hydrogens (tertiary/aromatic N) is 6. The molecule has 2 saturated heterocycles. The Labute approximate surface area is 201 Å². The second-order valence-corrected chi connectivity index (χ2v) is 8.99. The number of carbonyl (C=O) groups is 1. The second-order valence-electron chi connectivity index (χ2n) is 8.99. The fourth-order valence-corrected chi connectivity index (χ4v) is 4.22. The van der Waals surface area contributed by atoms with Gasteiger partial charge in [-0.25, -0.2) is 9.78 Å². The third-order valence-electron chi connectivity index (χ3n) is 6.25. The molecule has 0 aliphatic carbocycles. The molecule has 0 aromatic carbocycles. The Morgan fingerprint density at radius 1 is 1.20 bits per heavy atom. The van der Waals surface area contributed by atoms with Gasteiger partial charge in [0.25, 0.3) is 0 Å². The zero-order valence-electron chi connectivity index (χ0n) is 19.9. The molecule has 0 saturated carbocycles. The predicted molar refractivity (Wildman–Crippen MR) is 124 cm³/mol. The number of carbonyl (C=O) groups excluding carboxylic acids is 1. The van der Waals surface area contributed by atoms with Crippen LogP contribution >= 0.6 is 0 Å². The van der Waals surface area contributed by atoms with Crippen LogP contribution in [-0.4, -0.2) is 82.0 Å². The number of amides is 1. The highest BCUT2D eigenvalue weighted by Crippen LogP contribution is 2.34. The number of cyclic esters (lactones) is 1. The molecule has 2 aromatic rings. The van der Waals surface area contributed by atoms with Crippen LogP contribution in [0.4, 0.5) is 35.5 Å². The van der Waals surface area contributed by atoms with E-state index in [1.54, 1.807) is 4.90 Å². The van der Waals surface area contributed by atoms with E-state index in [1.807, 2.05) is 17.8 Å². The van der Waals surface area contributed by atoms with Gasteiger partial charge in [0, 0.05) is 37.6 Å². The Morgan fingerprint density at radius 3 is 2.69 bits per heavy atom. The Morgan fingerprint density at radius 2 is 1.97 bits per heavy atom. The van der Waals surface area contributed by atoms with Gasteiger partial charge in [-0.05, 0) is 52.7 Å². The lowest BCUT2D eigenvalue weighted by molar-refractivity contribution is -0.137. The van der Waals surface area contributed by atoms with Crippen molar-refractivity contribution in [2.75, 3.05) is 57.0 Å². The molecule has 0 atom stereocenters. The number of aryl methyl sites for hydroxylation is 1. The van der Waals surface area contributed by atoms with Crippen molar-refractivity contribution in [1.82, 2.24) is 29.5 Å². The van der Waals surface area contributed by atoms with Crippen LogP contribution in [0.2, 0.25) is 0 Å². The summed E-state index contributed by atoms with van der Waals surface area (Å²) in [6.07, 6.45) is 0.855. The molecule has 192 valence electrons. The van der Waals surface area contributed by atoms with Crippen molar-refractivity contribution in [1.29, 1.82) is 0 Å². The number of anilines is 3. The molecule has 0 bridgehead atoms. The van der Waals surface area contributed by atoms with Crippen molar-refractivity contribution in [3.8, 4) is 0 Å². The lowest BCUT2D eigenvalue weighted by Gasteiger charge is -2.28. The number of hydrogen-bond donors (Lipinski definition) is 2. The quantitative estimate of drug-likeness (QED) is 0.535. The van der Waals surface area contributed by atoms with E-state index in [0.717, 1.165) is 44.1 Å². The van der Waals surface area contributed by atoms with Crippen LogP contribution in [0.25, 0.3) is 0 Å².